The van der Waals surface area contributed by atoms with E-state index in [0.717, 1.165) is 5.56 Å². The van der Waals surface area contributed by atoms with E-state index < -0.39 is 0 Å². The van der Waals surface area contributed by atoms with E-state index >= 15 is 0 Å². The molecule has 0 saturated carbocycles. The van der Waals surface area contributed by atoms with E-state index in [0.29, 0.717) is 22.0 Å². The smallest absolute Gasteiger partial charge is 0.251 e. The van der Waals surface area contributed by atoms with Gasteiger partial charge < -0.3 is 15.4 Å². The predicted octanol–water partition coefficient (Wildman–Crippen LogP) is 3.42. The second-order valence-corrected chi connectivity index (χ2v) is 5.63. The van der Waals surface area contributed by atoms with Gasteiger partial charge in [-0.1, -0.05) is 29.8 Å². The summed E-state index contributed by atoms with van der Waals surface area (Å²) in [5.74, 6) is 0.148. The standard InChI is InChI=1S/C18H19ClN2O3/c1-12-5-3-4-6-14(12)18(23)20-10-9-17(22)21-13-7-8-16(24-2)15(19)11-13/h3-8,11H,9-10H2,1-2H3,(H,20,23)(H,21,22). The number of ether oxygens (including phenoxy) is 1. The van der Waals surface area contributed by atoms with Crippen LogP contribution in [0, 0.1) is 6.92 Å². The SMILES string of the molecule is COc1ccc(NC(=O)CCNC(=O)c2ccccc2C)cc1Cl. The summed E-state index contributed by atoms with van der Waals surface area (Å²) >= 11 is 6.01. The molecular formula is C18H19ClN2O3. The molecule has 0 aliphatic rings. The van der Waals surface area contributed by atoms with Crippen LogP contribution in [0.5, 0.6) is 5.75 Å². The van der Waals surface area contributed by atoms with Gasteiger partial charge in [0.15, 0.2) is 0 Å². The number of nitrogens with one attached hydrogen (secondary N) is 2. The van der Waals surface area contributed by atoms with Crippen LogP contribution in [0.4, 0.5) is 5.69 Å². The molecule has 5 nitrogen and oxygen atoms in total. The number of methoxy groups -OCH3 is 1. The van der Waals surface area contributed by atoms with Crippen LogP contribution in [0.1, 0.15) is 22.3 Å². The summed E-state index contributed by atoms with van der Waals surface area (Å²) in [6.45, 7) is 2.12. The number of aryl methyl sites for hydroxylation is 1. The lowest BCUT2D eigenvalue weighted by molar-refractivity contribution is -0.116. The van der Waals surface area contributed by atoms with Crippen molar-refractivity contribution in [2.75, 3.05) is 19.0 Å². The molecule has 2 aromatic carbocycles. The van der Waals surface area contributed by atoms with E-state index in [9.17, 15) is 9.59 Å². The minimum absolute atomic E-state index is 0.168. The van der Waals surface area contributed by atoms with Crippen LogP contribution in [-0.4, -0.2) is 25.5 Å². The van der Waals surface area contributed by atoms with E-state index in [1.807, 2.05) is 25.1 Å². The quantitative estimate of drug-likeness (QED) is 0.842. The molecule has 126 valence electrons. The number of halogens is 1. The number of rotatable bonds is 6. The number of hydrogen-bond acceptors (Lipinski definition) is 3. The first-order chi connectivity index (χ1) is 11.5. The fraction of sp³-hybridized carbons (Fsp3) is 0.222. The summed E-state index contributed by atoms with van der Waals surface area (Å²) in [6.07, 6.45) is 0.168. The molecule has 0 saturated heterocycles. The molecule has 2 aromatic rings. The Morgan fingerprint density at radius 1 is 1.17 bits per heavy atom. The molecular weight excluding hydrogens is 328 g/mol. The lowest BCUT2D eigenvalue weighted by Gasteiger charge is -2.09. The first kappa shape index (κ1) is 17.8. The molecule has 0 unspecified atom stereocenters. The molecule has 0 spiro atoms. The fourth-order valence-electron chi connectivity index (χ4n) is 2.18. The average Bonchev–Trinajstić information content (AvgIpc) is 2.55. The van der Waals surface area contributed by atoms with E-state index in [4.69, 9.17) is 16.3 Å². The predicted molar refractivity (Wildman–Crippen MR) is 94.8 cm³/mol. The van der Waals surface area contributed by atoms with Crippen molar-refractivity contribution in [1.29, 1.82) is 0 Å². The van der Waals surface area contributed by atoms with Gasteiger partial charge in [0.1, 0.15) is 5.75 Å². The van der Waals surface area contributed by atoms with E-state index in [-0.39, 0.29) is 24.8 Å². The average molecular weight is 347 g/mol. The minimum atomic E-state index is -0.207. The molecule has 2 rings (SSSR count). The number of carbonyl (C=O) groups excluding carboxylic acids is 2. The molecule has 0 aromatic heterocycles. The van der Waals surface area contributed by atoms with Crippen LogP contribution in [0.25, 0.3) is 0 Å². The third-order valence-electron chi connectivity index (χ3n) is 3.46. The summed E-state index contributed by atoms with van der Waals surface area (Å²) in [7, 11) is 1.52. The van der Waals surface area contributed by atoms with Gasteiger partial charge in [-0.3, -0.25) is 9.59 Å². The van der Waals surface area contributed by atoms with Crippen LogP contribution in [-0.2, 0) is 4.79 Å². The summed E-state index contributed by atoms with van der Waals surface area (Å²) < 4.78 is 5.06. The molecule has 0 fully saturated rings. The zero-order chi connectivity index (χ0) is 17.5. The number of anilines is 1. The van der Waals surface area contributed by atoms with Crippen molar-refractivity contribution in [3.63, 3.8) is 0 Å². The lowest BCUT2D eigenvalue weighted by atomic mass is 10.1. The van der Waals surface area contributed by atoms with Gasteiger partial charge in [-0.25, -0.2) is 0 Å². The van der Waals surface area contributed by atoms with Crippen LogP contribution >= 0.6 is 11.6 Å². The molecule has 0 aliphatic carbocycles. The van der Waals surface area contributed by atoms with Gasteiger partial charge in [-0.05, 0) is 36.8 Å². The Bertz CT molecular complexity index is 747. The van der Waals surface area contributed by atoms with Gasteiger partial charge in [-0.2, -0.15) is 0 Å². The van der Waals surface area contributed by atoms with Crippen molar-refractivity contribution in [3.05, 3.63) is 58.6 Å². The van der Waals surface area contributed by atoms with Crippen LogP contribution < -0.4 is 15.4 Å². The van der Waals surface area contributed by atoms with Crippen LogP contribution in [0.15, 0.2) is 42.5 Å². The monoisotopic (exact) mass is 346 g/mol. The third kappa shape index (κ3) is 4.73. The summed E-state index contributed by atoms with van der Waals surface area (Å²) in [4.78, 5) is 24.0. The Morgan fingerprint density at radius 3 is 2.58 bits per heavy atom. The van der Waals surface area contributed by atoms with Crippen molar-refractivity contribution in [1.82, 2.24) is 5.32 Å². The van der Waals surface area contributed by atoms with Crippen molar-refractivity contribution in [2.45, 2.75) is 13.3 Å². The molecule has 2 N–H and O–H groups in total. The maximum Gasteiger partial charge on any atom is 0.251 e. The zero-order valence-electron chi connectivity index (χ0n) is 13.6. The lowest BCUT2D eigenvalue weighted by Crippen LogP contribution is -2.28. The van der Waals surface area contributed by atoms with Gasteiger partial charge in [0.25, 0.3) is 5.91 Å². The van der Waals surface area contributed by atoms with Gasteiger partial charge in [0.05, 0.1) is 12.1 Å². The van der Waals surface area contributed by atoms with Crippen molar-refractivity contribution >= 4 is 29.1 Å². The normalized spacial score (nSPS) is 10.1. The second kappa shape index (κ2) is 8.36. The highest BCUT2D eigenvalue weighted by Crippen LogP contribution is 2.27. The maximum atomic E-state index is 12.0. The van der Waals surface area contributed by atoms with Crippen molar-refractivity contribution in [3.8, 4) is 5.75 Å². The van der Waals surface area contributed by atoms with Gasteiger partial charge >= 0.3 is 0 Å². The van der Waals surface area contributed by atoms with Crippen molar-refractivity contribution in [2.24, 2.45) is 0 Å². The number of benzene rings is 2. The Balaban J connectivity index is 1.82. The molecule has 2 amide bonds. The Morgan fingerprint density at radius 2 is 1.92 bits per heavy atom. The highest BCUT2D eigenvalue weighted by Gasteiger charge is 2.09. The molecule has 0 heterocycles. The minimum Gasteiger partial charge on any atom is -0.495 e. The molecule has 0 radical (unpaired) electrons. The van der Waals surface area contributed by atoms with Crippen molar-refractivity contribution < 1.29 is 14.3 Å². The van der Waals surface area contributed by atoms with Crippen LogP contribution in [0.3, 0.4) is 0 Å². The molecule has 24 heavy (non-hydrogen) atoms. The second-order valence-electron chi connectivity index (χ2n) is 5.22. The topological polar surface area (TPSA) is 67.4 Å². The Hall–Kier alpha value is -2.53. The number of amides is 2. The first-order valence-corrected chi connectivity index (χ1v) is 7.86. The van der Waals surface area contributed by atoms with Gasteiger partial charge in [0.2, 0.25) is 5.91 Å². The van der Waals surface area contributed by atoms with Gasteiger partial charge in [-0.15, -0.1) is 0 Å². The summed E-state index contributed by atoms with van der Waals surface area (Å²) in [5.41, 5.74) is 2.09. The van der Waals surface area contributed by atoms with Crippen LogP contribution in [0.2, 0.25) is 5.02 Å². The zero-order valence-corrected chi connectivity index (χ0v) is 14.3. The first-order valence-electron chi connectivity index (χ1n) is 7.48. The highest BCUT2D eigenvalue weighted by molar-refractivity contribution is 6.32. The van der Waals surface area contributed by atoms with E-state index in [1.54, 1.807) is 24.3 Å². The Kier molecular flexibility index (Phi) is 6.21. The maximum absolute atomic E-state index is 12.0. The molecule has 0 aliphatic heterocycles. The molecule has 0 bridgehead atoms. The number of carbonyl (C=O) groups is 2. The van der Waals surface area contributed by atoms with Gasteiger partial charge in [0, 0.05) is 24.2 Å². The molecule has 0 atom stereocenters. The largest absolute Gasteiger partial charge is 0.495 e. The molecule has 6 heteroatoms. The summed E-state index contributed by atoms with van der Waals surface area (Å²) in [6, 6.07) is 12.3. The Labute approximate surface area is 146 Å². The van der Waals surface area contributed by atoms with E-state index in [2.05, 4.69) is 10.6 Å². The fourth-order valence-corrected chi connectivity index (χ4v) is 2.44. The van der Waals surface area contributed by atoms with E-state index in [1.165, 1.54) is 7.11 Å². The number of hydrogen-bond donors (Lipinski definition) is 2. The highest BCUT2D eigenvalue weighted by atomic mass is 35.5. The third-order valence-corrected chi connectivity index (χ3v) is 3.76. The summed E-state index contributed by atoms with van der Waals surface area (Å²) in [5, 5.41) is 5.89.